The van der Waals surface area contributed by atoms with E-state index in [1.807, 2.05) is 0 Å². The van der Waals surface area contributed by atoms with Crippen molar-refractivity contribution in [3.05, 3.63) is 0 Å². The van der Waals surface area contributed by atoms with Crippen LogP contribution in [0.1, 0.15) is 6.92 Å². The van der Waals surface area contributed by atoms with E-state index in [4.69, 9.17) is 9.90 Å². The predicted molar refractivity (Wildman–Crippen MR) is 30.8 cm³/mol. The van der Waals surface area contributed by atoms with Crippen LogP contribution in [0.4, 0.5) is 0 Å². The Hall–Kier alpha value is 0.950. The molecule has 0 atom stereocenters. The van der Waals surface area contributed by atoms with Gasteiger partial charge < -0.3 is 5.11 Å². The standard InChI is InChI=1S/C2H4O2.BrH.Na.H/c1-2(3)4;;;/h1H3,(H,3,4);1H;;. The van der Waals surface area contributed by atoms with E-state index in [2.05, 4.69) is 0 Å². The zero-order chi connectivity index (χ0) is 3.58. The zero-order valence-corrected chi connectivity index (χ0v) is 4.48. The summed E-state index contributed by atoms with van der Waals surface area (Å²) in [6.45, 7) is 1.08. The predicted octanol–water partition coefficient (Wildman–Crippen LogP) is 0.0203. The van der Waals surface area contributed by atoms with Gasteiger partial charge in [-0.3, -0.25) is 4.79 Å². The van der Waals surface area contributed by atoms with Gasteiger partial charge in [-0.05, 0) is 0 Å². The molecule has 0 aliphatic heterocycles. The van der Waals surface area contributed by atoms with Crippen molar-refractivity contribution >= 4 is 52.5 Å². The van der Waals surface area contributed by atoms with Gasteiger partial charge >= 0.3 is 29.6 Å². The van der Waals surface area contributed by atoms with Crippen LogP contribution in [0.2, 0.25) is 0 Å². The van der Waals surface area contributed by atoms with E-state index in [0.29, 0.717) is 0 Å². The summed E-state index contributed by atoms with van der Waals surface area (Å²) in [4.78, 5) is 9.00. The number of rotatable bonds is 0. The molecule has 4 heteroatoms. The van der Waals surface area contributed by atoms with Gasteiger partial charge in [0.2, 0.25) is 0 Å². The van der Waals surface area contributed by atoms with Crippen molar-refractivity contribution in [2.75, 3.05) is 0 Å². The summed E-state index contributed by atoms with van der Waals surface area (Å²) in [5, 5.41) is 7.42. The van der Waals surface area contributed by atoms with Crippen LogP contribution in [0, 0.1) is 0 Å². The van der Waals surface area contributed by atoms with Crippen LogP contribution in [-0.4, -0.2) is 40.6 Å². The summed E-state index contributed by atoms with van der Waals surface area (Å²) in [7, 11) is 0. The number of carboxylic acid groups (broad SMARTS) is 1. The maximum absolute atomic E-state index is 9.00. The first kappa shape index (κ1) is 15.8. The number of aliphatic carboxylic acids is 1. The van der Waals surface area contributed by atoms with Crippen LogP contribution < -0.4 is 0 Å². The molecular weight excluding hydrogens is 159 g/mol. The zero-order valence-electron chi connectivity index (χ0n) is 2.76. The molecule has 0 bridgehead atoms. The Morgan fingerprint density at radius 1 is 1.67 bits per heavy atom. The van der Waals surface area contributed by atoms with Crippen LogP contribution >= 0.6 is 17.0 Å². The normalized spacial score (nSPS) is 4.17. The van der Waals surface area contributed by atoms with Crippen molar-refractivity contribution in [3.63, 3.8) is 0 Å². The van der Waals surface area contributed by atoms with E-state index in [1.54, 1.807) is 0 Å². The topological polar surface area (TPSA) is 37.3 Å². The van der Waals surface area contributed by atoms with Gasteiger partial charge in [0.25, 0.3) is 5.97 Å². The summed E-state index contributed by atoms with van der Waals surface area (Å²) in [6.07, 6.45) is 0. The van der Waals surface area contributed by atoms with Gasteiger partial charge in [0.15, 0.2) is 0 Å². The molecule has 0 aliphatic rings. The number of carboxylic acids is 1. The molecule has 0 radical (unpaired) electrons. The molecule has 0 spiro atoms. The monoisotopic (exact) mass is 164 g/mol. The molecule has 0 aromatic rings. The molecule has 0 aromatic heterocycles. The number of halogens is 1. The SMILES string of the molecule is Br.CC(=O)O.[NaH]. The quantitative estimate of drug-likeness (QED) is 0.513. The first-order valence-electron chi connectivity index (χ1n) is 0.928. The molecule has 0 fully saturated rings. The van der Waals surface area contributed by atoms with Gasteiger partial charge in [0.05, 0.1) is 0 Å². The second kappa shape index (κ2) is 9.34. The van der Waals surface area contributed by atoms with Gasteiger partial charge in [0, 0.05) is 6.92 Å². The van der Waals surface area contributed by atoms with E-state index < -0.39 is 5.97 Å². The van der Waals surface area contributed by atoms with Crippen LogP contribution in [0.3, 0.4) is 0 Å². The minimum absolute atomic E-state index is 0. The minimum atomic E-state index is -0.833. The third-order valence-corrected chi connectivity index (χ3v) is 0. The van der Waals surface area contributed by atoms with E-state index >= 15 is 0 Å². The molecule has 0 saturated heterocycles. The van der Waals surface area contributed by atoms with E-state index in [1.165, 1.54) is 0 Å². The molecule has 0 aliphatic carbocycles. The summed E-state index contributed by atoms with van der Waals surface area (Å²) in [5.74, 6) is -0.833. The van der Waals surface area contributed by atoms with Crippen LogP contribution in [0.25, 0.3) is 0 Å². The van der Waals surface area contributed by atoms with Gasteiger partial charge in [-0.15, -0.1) is 17.0 Å². The molecule has 34 valence electrons. The molecule has 1 N–H and O–H groups in total. The summed E-state index contributed by atoms with van der Waals surface area (Å²) in [5.41, 5.74) is 0. The molecule has 6 heavy (non-hydrogen) atoms. The summed E-state index contributed by atoms with van der Waals surface area (Å²) < 4.78 is 0. The van der Waals surface area contributed by atoms with E-state index in [0.717, 1.165) is 6.92 Å². The summed E-state index contributed by atoms with van der Waals surface area (Å²) >= 11 is 0. The van der Waals surface area contributed by atoms with Crippen LogP contribution in [0.15, 0.2) is 0 Å². The molecule has 0 heterocycles. The molecule has 0 unspecified atom stereocenters. The Morgan fingerprint density at radius 2 is 1.67 bits per heavy atom. The molecule has 2 nitrogen and oxygen atoms in total. The van der Waals surface area contributed by atoms with Gasteiger partial charge in [0.1, 0.15) is 0 Å². The van der Waals surface area contributed by atoms with Crippen molar-refractivity contribution in [2.24, 2.45) is 0 Å². The van der Waals surface area contributed by atoms with Crippen molar-refractivity contribution in [3.8, 4) is 0 Å². The Balaban J connectivity index is -0.0000000450. The fourth-order valence-corrected chi connectivity index (χ4v) is 0. The molecular formula is C2H6BrNaO2. The number of hydrogen-bond acceptors (Lipinski definition) is 1. The average molecular weight is 165 g/mol. The molecule has 0 amide bonds. The van der Waals surface area contributed by atoms with Gasteiger partial charge in [-0.2, -0.15) is 0 Å². The molecule has 0 saturated carbocycles. The first-order chi connectivity index (χ1) is 1.73. The van der Waals surface area contributed by atoms with Gasteiger partial charge in [-0.25, -0.2) is 0 Å². The van der Waals surface area contributed by atoms with E-state index in [-0.39, 0.29) is 46.5 Å². The third-order valence-electron chi connectivity index (χ3n) is 0. The van der Waals surface area contributed by atoms with Crippen molar-refractivity contribution < 1.29 is 9.90 Å². The Bertz CT molecular complexity index is 34.5. The maximum atomic E-state index is 9.00. The van der Waals surface area contributed by atoms with Crippen LogP contribution in [-0.2, 0) is 4.79 Å². The Labute approximate surface area is 69.0 Å². The van der Waals surface area contributed by atoms with Crippen molar-refractivity contribution in [1.29, 1.82) is 0 Å². The fraction of sp³-hybridized carbons (Fsp3) is 0.500. The number of carbonyl (C=O) groups is 1. The second-order valence-electron chi connectivity index (χ2n) is 0.519. The van der Waals surface area contributed by atoms with Crippen molar-refractivity contribution in [2.45, 2.75) is 6.92 Å². The van der Waals surface area contributed by atoms with Gasteiger partial charge in [-0.1, -0.05) is 0 Å². The molecule has 0 rings (SSSR count). The number of hydrogen-bond donors (Lipinski definition) is 1. The summed E-state index contributed by atoms with van der Waals surface area (Å²) in [6, 6.07) is 0. The molecule has 0 aromatic carbocycles. The average Bonchev–Trinajstić information content (AvgIpc) is 0.811. The first-order valence-corrected chi connectivity index (χ1v) is 0.928. The Kier molecular flexibility index (Phi) is 24.6. The van der Waals surface area contributed by atoms with E-state index in [9.17, 15) is 0 Å². The second-order valence-corrected chi connectivity index (χ2v) is 0.519. The third kappa shape index (κ3) is 85.6. The Morgan fingerprint density at radius 3 is 1.67 bits per heavy atom. The van der Waals surface area contributed by atoms with Crippen LogP contribution in [0.5, 0.6) is 0 Å². The fourth-order valence-electron chi connectivity index (χ4n) is 0. The van der Waals surface area contributed by atoms with Crippen molar-refractivity contribution in [1.82, 2.24) is 0 Å².